The van der Waals surface area contributed by atoms with Crippen molar-refractivity contribution in [3.05, 3.63) is 17.2 Å². The van der Waals surface area contributed by atoms with Crippen LogP contribution < -0.4 is 11.1 Å². The van der Waals surface area contributed by atoms with Crippen molar-refractivity contribution in [2.75, 3.05) is 17.6 Å². The Hall–Kier alpha value is -1.03. The number of aromatic nitrogens is 1. The van der Waals surface area contributed by atoms with Crippen molar-refractivity contribution in [2.45, 2.75) is 44.4 Å². The van der Waals surface area contributed by atoms with E-state index in [-0.39, 0.29) is 0 Å². The highest BCUT2D eigenvalue weighted by Gasteiger charge is 2.30. The first-order valence-electron chi connectivity index (χ1n) is 6.51. The van der Waals surface area contributed by atoms with Gasteiger partial charge in [-0.2, -0.15) is 4.37 Å². The van der Waals surface area contributed by atoms with E-state index in [1.807, 2.05) is 0 Å². The number of allylic oxidation sites excluding steroid dienone is 1. The van der Waals surface area contributed by atoms with Gasteiger partial charge in [-0.05, 0) is 56.0 Å². The van der Waals surface area contributed by atoms with Gasteiger partial charge in [-0.1, -0.05) is 11.6 Å². The maximum Gasteiger partial charge on any atom is 0.142 e. The molecule has 3 nitrogen and oxygen atoms in total. The Morgan fingerprint density at radius 2 is 2.35 bits per heavy atom. The summed E-state index contributed by atoms with van der Waals surface area (Å²) < 4.78 is 4.27. The number of nitrogens with one attached hydrogen (secondary N) is 1. The minimum Gasteiger partial charge on any atom is -0.383 e. The molecule has 1 saturated carbocycles. The summed E-state index contributed by atoms with van der Waals surface area (Å²) >= 11 is 1.52. The van der Waals surface area contributed by atoms with Crippen molar-refractivity contribution >= 4 is 22.4 Å². The first-order chi connectivity index (χ1) is 8.34. The second-order valence-corrected chi connectivity index (χ2v) is 5.79. The lowest BCUT2D eigenvalue weighted by Crippen LogP contribution is -2.03. The maximum atomic E-state index is 5.92. The van der Waals surface area contributed by atoms with Crippen molar-refractivity contribution in [2.24, 2.45) is 0 Å². The van der Waals surface area contributed by atoms with Crippen molar-refractivity contribution in [3.8, 4) is 0 Å². The van der Waals surface area contributed by atoms with Gasteiger partial charge >= 0.3 is 0 Å². The van der Waals surface area contributed by atoms with Crippen LogP contribution in [0.2, 0.25) is 0 Å². The summed E-state index contributed by atoms with van der Waals surface area (Å²) in [6.45, 7) is 1.02. The normalized spacial score (nSPS) is 19.4. The van der Waals surface area contributed by atoms with Crippen molar-refractivity contribution in [3.63, 3.8) is 0 Å². The molecule has 1 aromatic heterocycles. The molecule has 92 valence electrons. The molecule has 1 aromatic rings. The molecular weight excluding hydrogens is 230 g/mol. The van der Waals surface area contributed by atoms with Gasteiger partial charge in [0.1, 0.15) is 10.8 Å². The predicted molar refractivity (Wildman–Crippen MR) is 73.5 cm³/mol. The average Bonchev–Trinajstić information content (AvgIpc) is 2.88. The Morgan fingerprint density at radius 1 is 1.47 bits per heavy atom. The predicted octanol–water partition coefficient (Wildman–Crippen LogP) is 3.52. The molecule has 4 heteroatoms. The van der Waals surface area contributed by atoms with E-state index in [4.69, 9.17) is 5.73 Å². The Labute approximate surface area is 106 Å². The van der Waals surface area contributed by atoms with Crippen molar-refractivity contribution in [1.82, 2.24) is 4.37 Å². The molecule has 1 fully saturated rings. The minimum atomic E-state index is 0.682. The molecule has 2 aliphatic rings. The quantitative estimate of drug-likeness (QED) is 0.785. The highest BCUT2D eigenvalue weighted by atomic mass is 32.1. The molecule has 0 radical (unpaired) electrons. The highest BCUT2D eigenvalue weighted by Crippen LogP contribution is 2.47. The van der Waals surface area contributed by atoms with E-state index in [2.05, 4.69) is 15.8 Å². The van der Waals surface area contributed by atoms with Crippen LogP contribution in [0, 0.1) is 0 Å². The fourth-order valence-electron chi connectivity index (χ4n) is 2.50. The van der Waals surface area contributed by atoms with Crippen LogP contribution in [-0.4, -0.2) is 10.9 Å². The fraction of sp³-hybridized carbons (Fsp3) is 0.615. The monoisotopic (exact) mass is 249 g/mol. The van der Waals surface area contributed by atoms with Gasteiger partial charge in [0.25, 0.3) is 0 Å². The standard InChI is InChI=1S/C13H19N3S/c14-12-11(10-5-6-10)13(17-16-12)15-8-7-9-3-1-2-4-9/h3,10,15H,1-2,4-8H2,(H2,14,16). The Balaban J connectivity index is 1.57. The molecule has 0 amide bonds. The Morgan fingerprint density at radius 3 is 3.06 bits per heavy atom. The van der Waals surface area contributed by atoms with Crippen LogP contribution in [0.1, 0.15) is 50.0 Å². The average molecular weight is 249 g/mol. The molecule has 1 heterocycles. The molecule has 0 spiro atoms. The minimum absolute atomic E-state index is 0.682. The van der Waals surface area contributed by atoms with Crippen LogP contribution in [0.3, 0.4) is 0 Å². The van der Waals surface area contributed by atoms with Gasteiger partial charge in [0.2, 0.25) is 0 Å². The lowest BCUT2D eigenvalue weighted by Gasteiger charge is -2.06. The van der Waals surface area contributed by atoms with Crippen LogP contribution in [-0.2, 0) is 0 Å². The highest BCUT2D eigenvalue weighted by molar-refractivity contribution is 7.10. The lowest BCUT2D eigenvalue weighted by molar-refractivity contribution is 0.863. The van der Waals surface area contributed by atoms with Crippen molar-refractivity contribution in [1.29, 1.82) is 0 Å². The lowest BCUT2D eigenvalue weighted by atomic mass is 10.1. The SMILES string of the molecule is Nc1nsc(NCCC2=CCCC2)c1C1CC1. The molecule has 0 bridgehead atoms. The maximum absolute atomic E-state index is 5.92. The third-order valence-corrected chi connectivity index (χ3v) is 4.44. The van der Waals surface area contributed by atoms with E-state index in [1.54, 1.807) is 5.57 Å². The van der Waals surface area contributed by atoms with E-state index in [9.17, 15) is 0 Å². The number of rotatable bonds is 5. The molecule has 0 aromatic carbocycles. The summed E-state index contributed by atoms with van der Waals surface area (Å²) in [5.74, 6) is 1.43. The van der Waals surface area contributed by atoms with Crippen molar-refractivity contribution < 1.29 is 0 Å². The van der Waals surface area contributed by atoms with Gasteiger partial charge in [-0.3, -0.25) is 0 Å². The van der Waals surface area contributed by atoms with Gasteiger partial charge in [-0.25, -0.2) is 0 Å². The number of anilines is 2. The van der Waals surface area contributed by atoms with Gasteiger partial charge < -0.3 is 11.1 Å². The summed E-state index contributed by atoms with van der Waals surface area (Å²) in [5, 5.41) is 4.73. The summed E-state index contributed by atoms with van der Waals surface area (Å²) in [5.41, 5.74) is 8.83. The third-order valence-electron chi connectivity index (χ3n) is 3.61. The van der Waals surface area contributed by atoms with Crippen LogP contribution in [0.25, 0.3) is 0 Å². The molecule has 0 aliphatic heterocycles. The summed E-state index contributed by atoms with van der Waals surface area (Å²) in [6.07, 6.45) is 10.0. The fourth-order valence-corrected chi connectivity index (χ4v) is 3.33. The number of nitrogens with zero attached hydrogens (tertiary/aromatic N) is 1. The second-order valence-electron chi connectivity index (χ2n) is 5.02. The molecule has 0 atom stereocenters. The van der Waals surface area contributed by atoms with Crippen LogP contribution in [0.15, 0.2) is 11.6 Å². The van der Waals surface area contributed by atoms with Gasteiger partial charge in [-0.15, -0.1) is 0 Å². The number of hydrogen-bond donors (Lipinski definition) is 2. The molecule has 17 heavy (non-hydrogen) atoms. The van der Waals surface area contributed by atoms with Crippen LogP contribution in [0.4, 0.5) is 10.8 Å². The summed E-state index contributed by atoms with van der Waals surface area (Å²) in [6, 6.07) is 0. The van der Waals surface area contributed by atoms with E-state index in [0.717, 1.165) is 12.4 Å². The first-order valence-corrected chi connectivity index (χ1v) is 7.29. The summed E-state index contributed by atoms with van der Waals surface area (Å²) in [7, 11) is 0. The van der Waals surface area contributed by atoms with E-state index in [1.165, 1.54) is 60.6 Å². The zero-order valence-corrected chi connectivity index (χ0v) is 10.9. The summed E-state index contributed by atoms with van der Waals surface area (Å²) in [4.78, 5) is 0. The third kappa shape index (κ3) is 2.46. The molecule has 0 saturated heterocycles. The van der Waals surface area contributed by atoms with E-state index in [0.29, 0.717) is 5.92 Å². The Kier molecular flexibility index (Phi) is 3.05. The second kappa shape index (κ2) is 4.69. The number of hydrogen-bond acceptors (Lipinski definition) is 4. The number of nitrogen functional groups attached to an aromatic ring is 1. The van der Waals surface area contributed by atoms with Crippen LogP contribution in [0.5, 0.6) is 0 Å². The molecule has 2 aliphatic carbocycles. The Bertz CT molecular complexity index is 432. The van der Waals surface area contributed by atoms with E-state index >= 15 is 0 Å². The van der Waals surface area contributed by atoms with Gasteiger partial charge in [0, 0.05) is 12.1 Å². The molecule has 0 unspecified atom stereocenters. The number of nitrogens with two attached hydrogens (primary N) is 1. The van der Waals surface area contributed by atoms with E-state index < -0.39 is 0 Å². The van der Waals surface area contributed by atoms with Gasteiger partial charge in [0.05, 0.1) is 0 Å². The largest absolute Gasteiger partial charge is 0.383 e. The van der Waals surface area contributed by atoms with Crippen LogP contribution >= 0.6 is 11.5 Å². The zero-order valence-electron chi connectivity index (χ0n) is 10.0. The zero-order chi connectivity index (χ0) is 11.7. The first kappa shape index (κ1) is 11.1. The topological polar surface area (TPSA) is 50.9 Å². The van der Waals surface area contributed by atoms with Gasteiger partial charge in [0.15, 0.2) is 0 Å². The molecular formula is C13H19N3S. The smallest absolute Gasteiger partial charge is 0.142 e. The molecule has 3 N–H and O–H groups in total. The molecule has 3 rings (SSSR count).